The molecule has 4 heteroatoms. The molecule has 2 atom stereocenters. The summed E-state index contributed by atoms with van der Waals surface area (Å²) in [6, 6.07) is 14.6. The predicted octanol–water partition coefficient (Wildman–Crippen LogP) is 5.28. The standard InChI is InChI=1S/C17H17BrClNO/c1-11(13-4-2-3-5-15(13)19)20-16-8-9-21-17-7-6-12(18)10-14(16)17/h2-7,10-11,16,20H,8-9H2,1H3. The first-order chi connectivity index (χ1) is 10.1. The average Bonchev–Trinajstić information content (AvgIpc) is 2.48. The monoisotopic (exact) mass is 365 g/mol. The fourth-order valence-electron chi connectivity index (χ4n) is 2.76. The molecule has 110 valence electrons. The third-order valence-electron chi connectivity index (χ3n) is 3.83. The normalized spacial score (nSPS) is 18.7. The lowest BCUT2D eigenvalue weighted by molar-refractivity contribution is 0.246. The fraction of sp³-hybridized carbons (Fsp3) is 0.294. The zero-order chi connectivity index (χ0) is 14.8. The van der Waals surface area contributed by atoms with Crippen molar-refractivity contribution in [2.24, 2.45) is 0 Å². The third kappa shape index (κ3) is 3.25. The molecule has 1 aliphatic heterocycles. The molecular weight excluding hydrogens is 350 g/mol. The number of rotatable bonds is 3. The summed E-state index contributed by atoms with van der Waals surface area (Å²) in [4.78, 5) is 0. The van der Waals surface area contributed by atoms with Gasteiger partial charge in [-0.2, -0.15) is 0 Å². The molecule has 1 N–H and O–H groups in total. The van der Waals surface area contributed by atoms with Crippen LogP contribution < -0.4 is 10.1 Å². The maximum atomic E-state index is 6.29. The van der Waals surface area contributed by atoms with Gasteiger partial charge >= 0.3 is 0 Å². The third-order valence-corrected chi connectivity index (χ3v) is 4.67. The van der Waals surface area contributed by atoms with Crippen LogP contribution in [-0.2, 0) is 0 Å². The molecule has 1 heterocycles. The summed E-state index contributed by atoms with van der Waals surface area (Å²) < 4.78 is 6.81. The highest BCUT2D eigenvalue weighted by atomic mass is 79.9. The summed E-state index contributed by atoms with van der Waals surface area (Å²) >= 11 is 9.83. The Labute approximate surface area is 138 Å². The van der Waals surface area contributed by atoms with Crippen molar-refractivity contribution in [3.63, 3.8) is 0 Å². The molecule has 1 aliphatic rings. The molecule has 2 nitrogen and oxygen atoms in total. The predicted molar refractivity (Wildman–Crippen MR) is 90.0 cm³/mol. The van der Waals surface area contributed by atoms with Crippen molar-refractivity contribution in [3.05, 3.63) is 63.1 Å². The quantitative estimate of drug-likeness (QED) is 0.798. The van der Waals surface area contributed by atoms with Crippen LogP contribution >= 0.6 is 27.5 Å². The van der Waals surface area contributed by atoms with Crippen molar-refractivity contribution in [1.29, 1.82) is 0 Å². The van der Waals surface area contributed by atoms with Crippen molar-refractivity contribution in [3.8, 4) is 5.75 Å². The minimum atomic E-state index is 0.189. The van der Waals surface area contributed by atoms with Gasteiger partial charge in [-0.25, -0.2) is 0 Å². The first kappa shape index (κ1) is 14.9. The van der Waals surface area contributed by atoms with Crippen molar-refractivity contribution < 1.29 is 4.74 Å². The van der Waals surface area contributed by atoms with Crippen molar-refractivity contribution >= 4 is 27.5 Å². The molecule has 21 heavy (non-hydrogen) atoms. The van der Waals surface area contributed by atoms with Gasteiger partial charge in [-0.05, 0) is 36.8 Å². The van der Waals surface area contributed by atoms with Gasteiger partial charge in [0.05, 0.1) is 6.61 Å². The molecular formula is C17H17BrClNO. The Balaban J connectivity index is 1.83. The Kier molecular flexibility index (Phi) is 4.53. The molecule has 3 rings (SSSR count). The van der Waals surface area contributed by atoms with E-state index >= 15 is 0 Å². The second-order valence-electron chi connectivity index (χ2n) is 5.28. The highest BCUT2D eigenvalue weighted by Gasteiger charge is 2.23. The van der Waals surface area contributed by atoms with Crippen LogP contribution in [0.4, 0.5) is 0 Å². The molecule has 0 radical (unpaired) electrons. The van der Waals surface area contributed by atoms with E-state index < -0.39 is 0 Å². The minimum absolute atomic E-state index is 0.189. The molecule has 0 aromatic heterocycles. The largest absolute Gasteiger partial charge is 0.493 e. The number of hydrogen-bond acceptors (Lipinski definition) is 2. The minimum Gasteiger partial charge on any atom is -0.493 e. The van der Waals surface area contributed by atoms with Crippen molar-refractivity contribution in [2.75, 3.05) is 6.61 Å². The van der Waals surface area contributed by atoms with Crippen molar-refractivity contribution in [2.45, 2.75) is 25.4 Å². The second kappa shape index (κ2) is 6.39. The van der Waals surface area contributed by atoms with Gasteiger partial charge in [-0.1, -0.05) is 45.7 Å². The van der Waals surface area contributed by atoms with E-state index in [4.69, 9.17) is 16.3 Å². The van der Waals surface area contributed by atoms with E-state index in [-0.39, 0.29) is 12.1 Å². The maximum absolute atomic E-state index is 6.29. The summed E-state index contributed by atoms with van der Waals surface area (Å²) in [5, 5.41) is 4.48. The zero-order valence-corrected chi connectivity index (χ0v) is 14.1. The van der Waals surface area contributed by atoms with E-state index in [0.717, 1.165) is 33.8 Å². The van der Waals surface area contributed by atoms with E-state index in [9.17, 15) is 0 Å². The summed E-state index contributed by atoms with van der Waals surface area (Å²) in [7, 11) is 0. The van der Waals surface area contributed by atoms with Crippen LogP contribution in [-0.4, -0.2) is 6.61 Å². The van der Waals surface area contributed by atoms with Gasteiger partial charge in [0.25, 0.3) is 0 Å². The van der Waals surface area contributed by atoms with E-state index in [1.54, 1.807) is 0 Å². The van der Waals surface area contributed by atoms with E-state index in [1.165, 1.54) is 5.56 Å². The molecule has 0 saturated heterocycles. The number of benzene rings is 2. The molecule has 0 aliphatic carbocycles. The highest BCUT2D eigenvalue weighted by molar-refractivity contribution is 9.10. The average molecular weight is 367 g/mol. The van der Waals surface area contributed by atoms with Crippen LogP contribution in [0.15, 0.2) is 46.9 Å². The Bertz CT molecular complexity index is 646. The molecule has 2 unspecified atom stereocenters. The molecule has 0 amide bonds. The molecule has 0 fully saturated rings. The van der Waals surface area contributed by atoms with Crippen LogP contribution in [0.5, 0.6) is 5.75 Å². The molecule has 0 spiro atoms. The van der Waals surface area contributed by atoms with Gasteiger partial charge in [-0.15, -0.1) is 0 Å². The SMILES string of the molecule is CC(NC1CCOc2ccc(Br)cc21)c1ccccc1Cl. The molecule has 0 bridgehead atoms. The first-order valence-corrected chi connectivity index (χ1v) is 8.25. The topological polar surface area (TPSA) is 21.3 Å². The Morgan fingerprint density at radius 3 is 2.90 bits per heavy atom. The fourth-order valence-corrected chi connectivity index (χ4v) is 3.43. The second-order valence-corrected chi connectivity index (χ2v) is 6.60. The number of nitrogens with one attached hydrogen (secondary N) is 1. The molecule has 2 aromatic carbocycles. The van der Waals surface area contributed by atoms with Crippen LogP contribution in [0.25, 0.3) is 0 Å². The lowest BCUT2D eigenvalue weighted by Crippen LogP contribution is -2.29. The number of ether oxygens (including phenoxy) is 1. The van der Waals surface area contributed by atoms with E-state index in [1.807, 2.05) is 30.3 Å². The Hall–Kier alpha value is -1.03. The van der Waals surface area contributed by atoms with Crippen LogP contribution in [0.2, 0.25) is 5.02 Å². The van der Waals surface area contributed by atoms with Gasteiger partial charge in [0, 0.05) is 33.6 Å². The summed E-state index contributed by atoms with van der Waals surface area (Å²) in [6.45, 7) is 2.88. The van der Waals surface area contributed by atoms with Crippen LogP contribution in [0.1, 0.15) is 36.6 Å². The lowest BCUT2D eigenvalue weighted by Gasteiger charge is -2.30. The van der Waals surface area contributed by atoms with E-state index in [2.05, 4.69) is 40.3 Å². The number of halogens is 2. The van der Waals surface area contributed by atoms with E-state index in [0.29, 0.717) is 0 Å². The summed E-state index contributed by atoms with van der Waals surface area (Å²) in [5.74, 6) is 0.966. The molecule has 2 aromatic rings. The maximum Gasteiger partial charge on any atom is 0.124 e. The van der Waals surface area contributed by atoms with Gasteiger partial charge in [0.15, 0.2) is 0 Å². The van der Waals surface area contributed by atoms with Crippen molar-refractivity contribution in [1.82, 2.24) is 5.32 Å². The van der Waals surface area contributed by atoms with Gasteiger partial charge in [-0.3, -0.25) is 0 Å². The number of fused-ring (bicyclic) bond motifs is 1. The molecule has 0 saturated carbocycles. The summed E-state index contributed by atoms with van der Waals surface area (Å²) in [5.41, 5.74) is 2.33. The lowest BCUT2D eigenvalue weighted by atomic mass is 9.98. The highest BCUT2D eigenvalue weighted by Crippen LogP contribution is 2.36. The van der Waals surface area contributed by atoms with Gasteiger partial charge in [0.2, 0.25) is 0 Å². The van der Waals surface area contributed by atoms with Crippen LogP contribution in [0.3, 0.4) is 0 Å². The smallest absolute Gasteiger partial charge is 0.124 e. The summed E-state index contributed by atoms with van der Waals surface area (Å²) in [6.07, 6.45) is 0.957. The zero-order valence-electron chi connectivity index (χ0n) is 11.8. The Morgan fingerprint density at radius 2 is 2.10 bits per heavy atom. The number of hydrogen-bond donors (Lipinski definition) is 1. The van der Waals surface area contributed by atoms with Crippen LogP contribution in [0, 0.1) is 0 Å². The van der Waals surface area contributed by atoms with Gasteiger partial charge < -0.3 is 10.1 Å². The first-order valence-electron chi connectivity index (χ1n) is 7.08. The van der Waals surface area contributed by atoms with Gasteiger partial charge in [0.1, 0.15) is 5.75 Å². The Morgan fingerprint density at radius 1 is 1.29 bits per heavy atom.